The van der Waals surface area contributed by atoms with Gasteiger partial charge in [0.1, 0.15) is 11.0 Å². The number of benzene rings is 3. The number of carbonyl (C=O) groups is 2. The number of methoxy groups -OCH3 is 1. The van der Waals surface area contributed by atoms with Crippen LogP contribution < -0.4 is 15.4 Å². The van der Waals surface area contributed by atoms with E-state index >= 15 is 0 Å². The summed E-state index contributed by atoms with van der Waals surface area (Å²) in [6.45, 7) is 2.06. The Labute approximate surface area is 193 Å². The number of unbranched alkanes of at least 4 members (excludes halogenated alkanes) is 1. The summed E-state index contributed by atoms with van der Waals surface area (Å²) in [5.41, 5.74) is 2.30. The summed E-state index contributed by atoms with van der Waals surface area (Å²) < 4.78 is 5.26. The molecule has 5 nitrogen and oxygen atoms in total. The van der Waals surface area contributed by atoms with Gasteiger partial charge in [0.05, 0.1) is 7.11 Å². The summed E-state index contributed by atoms with van der Waals surface area (Å²) >= 11 is 1.44. The van der Waals surface area contributed by atoms with Crippen LogP contribution >= 0.6 is 11.8 Å². The summed E-state index contributed by atoms with van der Waals surface area (Å²) in [6, 6.07) is 24.6. The molecule has 3 rings (SSSR count). The number of anilines is 2. The summed E-state index contributed by atoms with van der Waals surface area (Å²) in [5.74, 6) is 0.550. The van der Waals surface area contributed by atoms with Crippen LogP contribution in [0.15, 0.2) is 83.8 Å². The molecule has 1 atom stereocenters. The Bertz CT molecular complexity index is 1040. The van der Waals surface area contributed by atoms with Crippen molar-refractivity contribution < 1.29 is 14.3 Å². The number of amides is 2. The Morgan fingerprint density at radius 3 is 2.34 bits per heavy atom. The molecule has 0 fully saturated rings. The Kier molecular flexibility index (Phi) is 8.75. The quantitative estimate of drug-likeness (QED) is 0.357. The predicted molar refractivity (Wildman–Crippen MR) is 131 cm³/mol. The molecule has 0 bridgehead atoms. The van der Waals surface area contributed by atoms with Crippen molar-refractivity contribution >= 4 is 35.0 Å². The lowest BCUT2D eigenvalue weighted by Gasteiger charge is -2.18. The molecule has 1 unspecified atom stereocenters. The van der Waals surface area contributed by atoms with Gasteiger partial charge in [-0.3, -0.25) is 9.59 Å². The molecule has 0 radical (unpaired) electrons. The van der Waals surface area contributed by atoms with Crippen molar-refractivity contribution in [2.45, 2.75) is 36.3 Å². The van der Waals surface area contributed by atoms with E-state index in [1.807, 2.05) is 72.8 Å². The van der Waals surface area contributed by atoms with Crippen LogP contribution in [0, 0.1) is 0 Å². The minimum Gasteiger partial charge on any atom is -0.497 e. The smallest absolute Gasteiger partial charge is 0.242 e. The third-order valence-electron chi connectivity index (χ3n) is 4.81. The molecule has 3 aromatic carbocycles. The van der Waals surface area contributed by atoms with E-state index in [-0.39, 0.29) is 11.8 Å². The Morgan fingerprint density at radius 2 is 1.62 bits per heavy atom. The second kappa shape index (κ2) is 12.0. The third kappa shape index (κ3) is 6.89. The lowest BCUT2D eigenvalue weighted by atomic mass is 10.1. The summed E-state index contributed by atoms with van der Waals surface area (Å²) in [6.07, 6.45) is 2.34. The number of hydrogen-bond acceptors (Lipinski definition) is 4. The van der Waals surface area contributed by atoms with E-state index in [4.69, 9.17) is 4.74 Å². The fraction of sp³-hybridized carbons (Fsp3) is 0.231. The standard InChI is InChI=1S/C26H28N2O3S/c1-3-4-16-24(29)27-21-13-9-15-23(18-21)32-25(19-10-6-5-7-11-19)26(30)28-20-12-8-14-22(17-20)31-2/h5-15,17-18,25H,3-4,16H2,1-2H3,(H,27,29)(H,28,30). The molecule has 0 aromatic heterocycles. The molecular weight excluding hydrogens is 420 g/mol. The van der Waals surface area contributed by atoms with Gasteiger partial charge in [-0.15, -0.1) is 11.8 Å². The van der Waals surface area contributed by atoms with Crippen molar-refractivity contribution in [3.05, 3.63) is 84.4 Å². The first-order valence-corrected chi connectivity index (χ1v) is 11.5. The maximum absolute atomic E-state index is 13.3. The third-order valence-corrected chi connectivity index (χ3v) is 6.05. The van der Waals surface area contributed by atoms with E-state index in [0.29, 0.717) is 17.9 Å². The van der Waals surface area contributed by atoms with E-state index in [2.05, 4.69) is 17.6 Å². The van der Waals surface area contributed by atoms with E-state index in [1.165, 1.54) is 11.8 Å². The molecule has 0 saturated heterocycles. The van der Waals surface area contributed by atoms with Crippen molar-refractivity contribution in [3.8, 4) is 5.75 Å². The van der Waals surface area contributed by atoms with Gasteiger partial charge >= 0.3 is 0 Å². The van der Waals surface area contributed by atoms with Crippen molar-refractivity contribution in [3.63, 3.8) is 0 Å². The van der Waals surface area contributed by atoms with Gasteiger partial charge in [-0.25, -0.2) is 0 Å². The second-order valence-electron chi connectivity index (χ2n) is 7.31. The summed E-state index contributed by atoms with van der Waals surface area (Å²) in [4.78, 5) is 26.2. The first-order valence-electron chi connectivity index (χ1n) is 10.7. The molecule has 0 aliphatic carbocycles. The first-order chi connectivity index (χ1) is 15.6. The maximum atomic E-state index is 13.3. The van der Waals surface area contributed by atoms with E-state index in [1.54, 1.807) is 13.2 Å². The van der Waals surface area contributed by atoms with Crippen LogP contribution in [-0.4, -0.2) is 18.9 Å². The van der Waals surface area contributed by atoms with Gasteiger partial charge in [0.2, 0.25) is 11.8 Å². The zero-order valence-electron chi connectivity index (χ0n) is 18.3. The van der Waals surface area contributed by atoms with Crippen molar-refractivity contribution in [1.29, 1.82) is 0 Å². The zero-order chi connectivity index (χ0) is 22.8. The Morgan fingerprint density at radius 1 is 0.906 bits per heavy atom. The molecule has 0 spiro atoms. The lowest BCUT2D eigenvalue weighted by molar-refractivity contribution is -0.116. The molecule has 0 aliphatic heterocycles. The maximum Gasteiger partial charge on any atom is 0.242 e. The van der Waals surface area contributed by atoms with Crippen molar-refractivity contribution in [1.82, 2.24) is 0 Å². The number of ether oxygens (including phenoxy) is 1. The molecule has 2 N–H and O–H groups in total. The molecular formula is C26H28N2O3S. The minimum atomic E-state index is -0.464. The van der Waals surface area contributed by atoms with Gasteiger partial charge < -0.3 is 15.4 Å². The van der Waals surface area contributed by atoms with Gasteiger partial charge in [-0.2, -0.15) is 0 Å². The van der Waals surface area contributed by atoms with Crippen LogP contribution in [0.4, 0.5) is 11.4 Å². The average molecular weight is 449 g/mol. The summed E-state index contributed by atoms with van der Waals surface area (Å²) in [5, 5.41) is 5.48. The molecule has 2 amide bonds. The van der Waals surface area contributed by atoms with Crippen LogP contribution in [0.1, 0.15) is 37.0 Å². The normalized spacial score (nSPS) is 11.4. The SMILES string of the molecule is CCCCC(=O)Nc1cccc(SC(C(=O)Nc2cccc(OC)c2)c2ccccc2)c1. The first kappa shape index (κ1) is 23.4. The highest BCUT2D eigenvalue weighted by atomic mass is 32.2. The average Bonchev–Trinajstić information content (AvgIpc) is 2.82. The molecule has 32 heavy (non-hydrogen) atoms. The molecule has 0 saturated carbocycles. The van der Waals surface area contributed by atoms with Crippen molar-refractivity contribution in [2.75, 3.05) is 17.7 Å². The topological polar surface area (TPSA) is 67.4 Å². The number of thioether (sulfide) groups is 1. The number of rotatable bonds is 10. The van der Waals surface area contributed by atoms with E-state index < -0.39 is 5.25 Å². The van der Waals surface area contributed by atoms with Gasteiger partial charge in [0.15, 0.2) is 0 Å². The van der Waals surface area contributed by atoms with Crippen LogP contribution in [0.3, 0.4) is 0 Å². The van der Waals surface area contributed by atoms with E-state index in [9.17, 15) is 9.59 Å². The van der Waals surface area contributed by atoms with Crippen LogP contribution in [0.25, 0.3) is 0 Å². The largest absolute Gasteiger partial charge is 0.497 e. The summed E-state index contributed by atoms with van der Waals surface area (Å²) in [7, 11) is 1.59. The molecule has 3 aromatic rings. The molecule has 0 heterocycles. The molecule has 6 heteroatoms. The van der Waals surface area contributed by atoms with Crippen LogP contribution in [-0.2, 0) is 9.59 Å². The second-order valence-corrected chi connectivity index (χ2v) is 8.49. The highest BCUT2D eigenvalue weighted by Crippen LogP contribution is 2.37. The van der Waals surface area contributed by atoms with Gasteiger partial charge in [-0.05, 0) is 42.3 Å². The fourth-order valence-electron chi connectivity index (χ4n) is 3.15. The molecule has 166 valence electrons. The highest BCUT2D eigenvalue weighted by molar-refractivity contribution is 8.00. The minimum absolute atomic E-state index is 0.00405. The van der Waals surface area contributed by atoms with Crippen LogP contribution in [0.2, 0.25) is 0 Å². The predicted octanol–water partition coefficient (Wildman–Crippen LogP) is 6.30. The van der Waals surface area contributed by atoms with Gasteiger partial charge in [0, 0.05) is 28.8 Å². The fourth-order valence-corrected chi connectivity index (χ4v) is 4.24. The van der Waals surface area contributed by atoms with Crippen molar-refractivity contribution in [2.24, 2.45) is 0 Å². The number of nitrogens with one attached hydrogen (secondary N) is 2. The lowest BCUT2D eigenvalue weighted by Crippen LogP contribution is -2.19. The highest BCUT2D eigenvalue weighted by Gasteiger charge is 2.22. The van der Waals surface area contributed by atoms with Gasteiger partial charge in [0.25, 0.3) is 0 Å². The van der Waals surface area contributed by atoms with E-state index in [0.717, 1.165) is 29.0 Å². The van der Waals surface area contributed by atoms with Gasteiger partial charge in [-0.1, -0.05) is 55.8 Å². The monoisotopic (exact) mass is 448 g/mol. The Hall–Kier alpha value is -3.25. The van der Waals surface area contributed by atoms with Crippen LogP contribution in [0.5, 0.6) is 5.75 Å². The number of carbonyl (C=O) groups excluding carboxylic acids is 2. The zero-order valence-corrected chi connectivity index (χ0v) is 19.2. The number of hydrogen-bond donors (Lipinski definition) is 2. The Balaban J connectivity index is 1.79. The molecule has 0 aliphatic rings.